The predicted octanol–water partition coefficient (Wildman–Crippen LogP) is 6.06. The zero-order valence-corrected chi connectivity index (χ0v) is 24.8. The van der Waals surface area contributed by atoms with Crippen molar-refractivity contribution in [3.05, 3.63) is 78.9 Å². The van der Waals surface area contributed by atoms with Gasteiger partial charge in [0.1, 0.15) is 0 Å². The van der Waals surface area contributed by atoms with Crippen molar-refractivity contribution in [1.29, 1.82) is 0 Å². The maximum Gasteiger partial charge on any atom is 0.320 e. The minimum Gasteiger partial charge on any atom is -0.326 e. The van der Waals surface area contributed by atoms with Gasteiger partial charge in [0.15, 0.2) is 6.04 Å². The molecule has 1 aliphatic heterocycles. The molecule has 5 amide bonds. The lowest BCUT2D eigenvalue weighted by molar-refractivity contribution is -0.129. The fourth-order valence-corrected chi connectivity index (χ4v) is 8.63. The summed E-state index contributed by atoms with van der Waals surface area (Å²) in [5.41, 5.74) is 2.86. The van der Waals surface area contributed by atoms with Gasteiger partial charge in [0.2, 0.25) is 5.91 Å². The molecule has 3 aromatic carbocycles. The van der Waals surface area contributed by atoms with Crippen molar-refractivity contribution in [3.63, 3.8) is 0 Å². The van der Waals surface area contributed by atoms with Crippen LogP contribution in [0, 0.1) is 23.2 Å². The van der Waals surface area contributed by atoms with Crippen molar-refractivity contribution in [1.82, 2.24) is 5.32 Å². The first-order valence-electron chi connectivity index (χ1n) is 15.5. The molecule has 5 aliphatic rings. The van der Waals surface area contributed by atoms with E-state index < -0.39 is 23.9 Å². The van der Waals surface area contributed by atoms with Gasteiger partial charge in [0.25, 0.3) is 11.8 Å². The number of nitrogens with one attached hydrogen (secondary N) is 3. The lowest BCUT2D eigenvalue weighted by Crippen LogP contribution is -2.58. The van der Waals surface area contributed by atoms with E-state index in [0.717, 1.165) is 19.3 Å². The Labute approximate surface area is 257 Å². The van der Waals surface area contributed by atoms with Crippen LogP contribution in [0.4, 0.5) is 33.2 Å². The molecule has 0 aromatic heterocycles. The van der Waals surface area contributed by atoms with Gasteiger partial charge >= 0.3 is 6.03 Å². The SMILES string of the molecule is CC(=O)Nc1cccc(NC(=O)NC2C(=O)N(CC34CC5CC(CC(C5)C3)C4)c3ccccc3N(c3ccccc3)C2=O)c1. The molecular weight excluding hydrogens is 554 g/mol. The third-order valence-electron chi connectivity index (χ3n) is 9.78. The van der Waals surface area contributed by atoms with Crippen molar-refractivity contribution in [2.75, 3.05) is 27.0 Å². The highest BCUT2D eigenvalue weighted by Crippen LogP contribution is 2.60. The maximum atomic E-state index is 14.6. The molecule has 3 N–H and O–H groups in total. The molecule has 8 rings (SSSR count). The van der Waals surface area contributed by atoms with E-state index in [1.54, 1.807) is 34.1 Å². The summed E-state index contributed by atoms with van der Waals surface area (Å²) in [5.74, 6) is 0.917. The number of amides is 5. The van der Waals surface area contributed by atoms with Crippen LogP contribution in [-0.4, -0.2) is 36.3 Å². The Morgan fingerprint density at radius 2 is 1.34 bits per heavy atom. The smallest absolute Gasteiger partial charge is 0.320 e. The number of rotatable bonds is 6. The quantitative estimate of drug-likeness (QED) is 0.303. The fraction of sp³-hybridized carbons (Fsp3) is 0.371. The molecule has 4 bridgehead atoms. The van der Waals surface area contributed by atoms with E-state index >= 15 is 0 Å². The Morgan fingerprint density at radius 1 is 0.750 bits per heavy atom. The number of nitrogens with zero attached hydrogens (tertiary/aromatic N) is 2. The first kappa shape index (κ1) is 28.1. The zero-order chi connectivity index (χ0) is 30.4. The number of fused-ring (bicyclic) bond motifs is 1. The average molecular weight is 592 g/mol. The van der Waals surface area contributed by atoms with Crippen LogP contribution >= 0.6 is 0 Å². The number of para-hydroxylation sites is 3. The highest BCUT2D eigenvalue weighted by molar-refractivity contribution is 6.24. The molecule has 3 aromatic rings. The third-order valence-corrected chi connectivity index (χ3v) is 9.78. The van der Waals surface area contributed by atoms with Gasteiger partial charge in [0.05, 0.1) is 11.4 Å². The van der Waals surface area contributed by atoms with Crippen molar-refractivity contribution < 1.29 is 19.2 Å². The Morgan fingerprint density at radius 3 is 1.98 bits per heavy atom. The minimum atomic E-state index is -1.45. The van der Waals surface area contributed by atoms with E-state index in [2.05, 4.69) is 16.0 Å². The number of hydrogen-bond acceptors (Lipinski definition) is 4. The molecule has 0 saturated heterocycles. The number of carbonyl (C=O) groups is 4. The summed E-state index contributed by atoms with van der Waals surface area (Å²) in [4.78, 5) is 57.2. The summed E-state index contributed by atoms with van der Waals surface area (Å²) in [6.45, 7) is 1.93. The van der Waals surface area contributed by atoms with E-state index in [0.29, 0.717) is 52.7 Å². The van der Waals surface area contributed by atoms with Gasteiger partial charge in [-0.1, -0.05) is 36.4 Å². The first-order valence-corrected chi connectivity index (χ1v) is 15.5. The fourth-order valence-electron chi connectivity index (χ4n) is 8.63. The third kappa shape index (κ3) is 5.31. The number of anilines is 5. The summed E-state index contributed by atoms with van der Waals surface area (Å²) in [6.07, 6.45) is 7.17. The van der Waals surface area contributed by atoms with Gasteiger partial charge in [-0.25, -0.2) is 4.79 Å². The van der Waals surface area contributed by atoms with Crippen LogP contribution in [0.3, 0.4) is 0 Å². The molecule has 4 aliphatic carbocycles. The van der Waals surface area contributed by atoms with Gasteiger partial charge in [-0.15, -0.1) is 0 Å². The van der Waals surface area contributed by atoms with Gasteiger partial charge in [-0.3, -0.25) is 19.3 Å². The number of hydrogen-bond donors (Lipinski definition) is 3. The monoisotopic (exact) mass is 591 g/mol. The topological polar surface area (TPSA) is 111 Å². The highest BCUT2D eigenvalue weighted by atomic mass is 16.2. The maximum absolute atomic E-state index is 14.6. The Bertz CT molecular complexity index is 1590. The lowest BCUT2D eigenvalue weighted by Gasteiger charge is -2.57. The second kappa shape index (κ2) is 11.1. The number of carbonyl (C=O) groups excluding carboxylic acids is 4. The van der Waals surface area contributed by atoms with Crippen LogP contribution in [0.1, 0.15) is 45.4 Å². The lowest BCUT2D eigenvalue weighted by atomic mass is 9.49. The molecule has 9 heteroatoms. The van der Waals surface area contributed by atoms with Crippen LogP contribution < -0.4 is 25.8 Å². The molecule has 1 heterocycles. The van der Waals surface area contributed by atoms with Crippen LogP contribution in [0.15, 0.2) is 78.9 Å². The van der Waals surface area contributed by atoms with E-state index in [4.69, 9.17) is 0 Å². The second-order valence-corrected chi connectivity index (χ2v) is 13.1. The van der Waals surface area contributed by atoms with Gasteiger partial charge in [-0.2, -0.15) is 0 Å². The molecule has 4 fully saturated rings. The van der Waals surface area contributed by atoms with Crippen LogP contribution in [-0.2, 0) is 14.4 Å². The van der Waals surface area contributed by atoms with Crippen molar-refractivity contribution in [3.8, 4) is 0 Å². The van der Waals surface area contributed by atoms with E-state index in [9.17, 15) is 19.2 Å². The molecular formula is C35H37N5O4. The van der Waals surface area contributed by atoms with E-state index in [1.165, 1.54) is 26.2 Å². The van der Waals surface area contributed by atoms with Crippen LogP contribution in [0.2, 0.25) is 0 Å². The Balaban J connectivity index is 1.24. The Hall–Kier alpha value is -4.66. The molecule has 9 nitrogen and oxygen atoms in total. The molecule has 0 radical (unpaired) electrons. The molecule has 4 saturated carbocycles. The first-order chi connectivity index (χ1) is 21.3. The molecule has 0 spiro atoms. The number of benzene rings is 3. The standard InChI is InChI=1S/C35H37N5O4/c1-22(41)36-26-8-7-9-27(17-26)37-34(44)38-31-32(42)39(21-35-18-23-14-24(19-35)16-25(15-23)20-35)29-12-5-6-13-30(29)40(33(31)43)28-10-3-2-4-11-28/h2-13,17,23-25,31H,14-16,18-21H2,1H3,(H,36,41)(H2,37,38,44). The summed E-state index contributed by atoms with van der Waals surface area (Å²) < 4.78 is 0. The molecule has 226 valence electrons. The van der Waals surface area contributed by atoms with Crippen LogP contribution in [0.5, 0.6) is 0 Å². The Kier molecular flexibility index (Phi) is 7.11. The molecule has 44 heavy (non-hydrogen) atoms. The van der Waals surface area contributed by atoms with Crippen molar-refractivity contribution >= 4 is 52.2 Å². The number of urea groups is 1. The zero-order valence-electron chi connectivity index (χ0n) is 24.8. The highest BCUT2D eigenvalue weighted by Gasteiger charge is 2.53. The van der Waals surface area contributed by atoms with Crippen LogP contribution in [0.25, 0.3) is 0 Å². The predicted molar refractivity (Wildman–Crippen MR) is 170 cm³/mol. The van der Waals surface area contributed by atoms with Gasteiger partial charge in [0, 0.05) is 30.5 Å². The van der Waals surface area contributed by atoms with E-state index in [-0.39, 0.29) is 11.3 Å². The largest absolute Gasteiger partial charge is 0.326 e. The molecule has 1 atom stereocenters. The second-order valence-electron chi connectivity index (χ2n) is 13.1. The average Bonchev–Trinajstić information content (AvgIpc) is 3.06. The summed E-state index contributed by atoms with van der Waals surface area (Å²) in [5, 5.41) is 8.15. The van der Waals surface area contributed by atoms with E-state index in [1.807, 2.05) is 54.6 Å². The normalized spacial score (nSPS) is 27.0. The van der Waals surface area contributed by atoms with Gasteiger partial charge in [-0.05, 0) is 104 Å². The minimum absolute atomic E-state index is 0.0133. The molecule has 1 unspecified atom stereocenters. The van der Waals surface area contributed by atoms with Crippen molar-refractivity contribution in [2.24, 2.45) is 23.2 Å². The summed E-state index contributed by atoms with van der Waals surface area (Å²) in [7, 11) is 0. The summed E-state index contributed by atoms with van der Waals surface area (Å²) >= 11 is 0. The van der Waals surface area contributed by atoms with Crippen molar-refractivity contribution in [2.45, 2.75) is 51.5 Å². The van der Waals surface area contributed by atoms with Gasteiger partial charge < -0.3 is 20.9 Å². The summed E-state index contributed by atoms with van der Waals surface area (Å²) in [6, 6.07) is 21.3.